The van der Waals surface area contributed by atoms with Crippen molar-refractivity contribution in [2.24, 2.45) is 5.92 Å². The van der Waals surface area contributed by atoms with Gasteiger partial charge in [0.25, 0.3) is 0 Å². The summed E-state index contributed by atoms with van der Waals surface area (Å²) < 4.78 is 5.93. The van der Waals surface area contributed by atoms with Crippen molar-refractivity contribution in [1.82, 2.24) is 5.32 Å². The minimum Gasteiger partial charge on any atom is -0.378 e. The molecule has 0 amide bonds. The van der Waals surface area contributed by atoms with E-state index < -0.39 is 0 Å². The van der Waals surface area contributed by atoms with Crippen molar-refractivity contribution in [2.45, 2.75) is 58.1 Å². The first-order chi connectivity index (χ1) is 6.74. The molecule has 0 aromatic rings. The van der Waals surface area contributed by atoms with Crippen molar-refractivity contribution in [3.05, 3.63) is 0 Å². The maximum absolute atomic E-state index is 5.93. The average molecular weight is 199 g/mol. The van der Waals surface area contributed by atoms with Gasteiger partial charge in [-0.25, -0.2) is 0 Å². The molecule has 1 rings (SSSR count). The summed E-state index contributed by atoms with van der Waals surface area (Å²) in [6, 6.07) is 0.578. The number of hydrogen-bond acceptors (Lipinski definition) is 2. The van der Waals surface area contributed by atoms with Crippen LogP contribution < -0.4 is 5.32 Å². The zero-order valence-electron chi connectivity index (χ0n) is 9.88. The zero-order valence-corrected chi connectivity index (χ0v) is 9.88. The molecule has 0 aromatic carbocycles. The van der Waals surface area contributed by atoms with Crippen LogP contribution in [0, 0.1) is 5.92 Å². The Labute approximate surface area is 88.4 Å². The third kappa shape index (κ3) is 3.97. The van der Waals surface area contributed by atoms with Gasteiger partial charge in [-0.1, -0.05) is 19.8 Å². The van der Waals surface area contributed by atoms with Crippen molar-refractivity contribution in [2.75, 3.05) is 13.7 Å². The largest absolute Gasteiger partial charge is 0.378 e. The molecule has 0 aliphatic heterocycles. The second-order valence-corrected chi connectivity index (χ2v) is 4.65. The van der Waals surface area contributed by atoms with Crippen LogP contribution in [0.3, 0.4) is 0 Å². The standard InChI is InChI=1S/C12H25NO/c1-10-6-4-5-7-12(10)14-9-8-11(2)13-3/h10-13H,4-9H2,1-3H3. The smallest absolute Gasteiger partial charge is 0.0600 e. The van der Waals surface area contributed by atoms with Crippen LogP contribution in [0.25, 0.3) is 0 Å². The minimum atomic E-state index is 0.535. The van der Waals surface area contributed by atoms with Gasteiger partial charge in [0.1, 0.15) is 0 Å². The fourth-order valence-corrected chi connectivity index (χ4v) is 2.07. The Morgan fingerprint density at radius 2 is 2.07 bits per heavy atom. The summed E-state index contributed by atoms with van der Waals surface area (Å²) in [6.07, 6.45) is 7.04. The molecule has 0 saturated heterocycles. The highest BCUT2D eigenvalue weighted by molar-refractivity contribution is 4.72. The molecule has 1 aliphatic carbocycles. The average Bonchev–Trinajstić information content (AvgIpc) is 2.20. The molecule has 0 aromatic heterocycles. The highest BCUT2D eigenvalue weighted by atomic mass is 16.5. The Balaban J connectivity index is 2.10. The van der Waals surface area contributed by atoms with E-state index in [1.54, 1.807) is 0 Å². The lowest BCUT2D eigenvalue weighted by molar-refractivity contribution is -0.00797. The molecule has 0 bridgehead atoms. The molecule has 1 saturated carbocycles. The van der Waals surface area contributed by atoms with E-state index in [-0.39, 0.29) is 0 Å². The third-order valence-electron chi connectivity index (χ3n) is 3.41. The minimum absolute atomic E-state index is 0.535. The van der Waals surface area contributed by atoms with Crippen LogP contribution in [0.1, 0.15) is 46.0 Å². The van der Waals surface area contributed by atoms with Gasteiger partial charge in [0.2, 0.25) is 0 Å². The second-order valence-electron chi connectivity index (χ2n) is 4.65. The van der Waals surface area contributed by atoms with E-state index in [2.05, 4.69) is 19.2 Å². The third-order valence-corrected chi connectivity index (χ3v) is 3.41. The summed E-state index contributed by atoms with van der Waals surface area (Å²) in [5, 5.41) is 3.23. The van der Waals surface area contributed by atoms with Gasteiger partial charge in [-0.2, -0.15) is 0 Å². The summed E-state index contributed by atoms with van der Waals surface area (Å²) in [6.45, 7) is 5.44. The van der Waals surface area contributed by atoms with Crippen LogP contribution >= 0.6 is 0 Å². The van der Waals surface area contributed by atoms with Gasteiger partial charge >= 0.3 is 0 Å². The highest BCUT2D eigenvalue weighted by Gasteiger charge is 2.21. The van der Waals surface area contributed by atoms with Crippen molar-refractivity contribution in [3.8, 4) is 0 Å². The van der Waals surface area contributed by atoms with Gasteiger partial charge in [0.05, 0.1) is 6.10 Å². The van der Waals surface area contributed by atoms with Gasteiger partial charge in [-0.3, -0.25) is 0 Å². The van der Waals surface area contributed by atoms with E-state index in [9.17, 15) is 0 Å². The first kappa shape index (κ1) is 12.0. The first-order valence-electron chi connectivity index (χ1n) is 6.03. The number of rotatable bonds is 5. The predicted molar refractivity (Wildman–Crippen MR) is 60.5 cm³/mol. The van der Waals surface area contributed by atoms with Crippen molar-refractivity contribution < 1.29 is 4.74 Å². The quantitative estimate of drug-likeness (QED) is 0.735. The molecule has 3 atom stereocenters. The Bertz CT molecular complexity index is 149. The molecule has 14 heavy (non-hydrogen) atoms. The van der Waals surface area contributed by atoms with Gasteiger partial charge in [-0.15, -0.1) is 0 Å². The molecule has 1 fully saturated rings. The molecular weight excluding hydrogens is 174 g/mol. The van der Waals surface area contributed by atoms with Gasteiger partial charge in [0.15, 0.2) is 0 Å². The molecule has 0 radical (unpaired) electrons. The number of hydrogen-bond donors (Lipinski definition) is 1. The summed E-state index contributed by atoms with van der Waals surface area (Å²) >= 11 is 0. The van der Waals surface area contributed by atoms with E-state index in [0.717, 1.165) is 18.9 Å². The maximum atomic E-state index is 5.93. The second kappa shape index (κ2) is 6.41. The van der Waals surface area contributed by atoms with Crippen LogP contribution in [0.2, 0.25) is 0 Å². The predicted octanol–water partition coefficient (Wildman–Crippen LogP) is 2.58. The lowest BCUT2D eigenvalue weighted by atomic mass is 9.88. The Morgan fingerprint density at radius 1 is 1.36 bits per heavy atom. The zero-order chi connectivity index (χ0) is 10.4. The fraction of sp³-hybridized carbons (Fsp3) is 1.00. The number of ether oxygens (including phenoxy) is 1. The Morgan fingerprint density at radius 3 is 2.71 bits per heavy atom. The molecule has 0 spiro atoms. The maximum Gasteiger partial charge on any atom is 0.0600 e. The van der Waals surface area contributed by atoms with Crippen molar-refractivity contribution in [3.63, 3.8) is 0 Å². The normalized spacial score (nSPS) is 30.2. The molecular formula is C12H25NO. The van der Waals surface area contributed by atoms with Crippen molar-refractivity contribution in [1.29, 1.82) is 0 Å². The van der Waals surface area contributed by atoms with Gasteiger partial charge in [0, 0.05) is 12.6 Å². The van der Waals surface area contributed by atoms with Crippen LogP contribution in [-0.2, 0) is 4.74 Å². The van der Waals surface area contributed by atoms with Crippen LogP contribution in [-0.4, -0.2) is 25.8 Å². The summed E-state index contributed by atoms with van der Waals surface area (Å²) in [7, 11) is 2.01. The van der Waals surface area contributed by atoms with Crippen molar-refractivity contribution >= 4 is 0 Å². The van der Waals surface area contributed by atoms with Gasteiger partial charge in [-0.05, 0) is 39.2 Å². The van der Waals surface area contributed by atoms with E-state index in [0.29, 0.717) is 12.1 Å². The number of nitrogens with one attached hydrogen (secondary N) is 1. The molecule has 1 N–H and O–H groups in total. The van der Waals surface area contributed by atoms with Gasteiger partial charge < -0.3 is 10.1 Å². The summed E-state index contributed by atoms with van der Waals surface area (Å²) in [5.74, 6) is 0.772. The van der Waals surface area contributed by atoms with Crippen LogP contribution in [0.5, 0.6) is 0 Å². The van der Waals surface area contributed by atoms with E-state index in [4.69, 9.17) is 4.74 Å². The molecule has 0 heterocycles. The molecule has 3 unspecified atom stereocenters. The highest BCUT2D eigenvalue weighted by Crippen LogP contribution is 2.26. The first-order valence-corrected chi connectivity index (χ1v) is 6.03. The topological polar surface area (TPSA) is 21.3 Å². The monoisotopic (exact) mass is 199 g/mol. The SMILES string of the molecule is CNC(C)CCOC1CCCCC1C. The summed E-state index contributed by atoms with van der Waals surface area (Å²) in [4.78, 5) is 0. The van der Waals surface area contributed by atoms with Crippen LogP contribution in [0.15, 0.2) is 0 Å². The Hall–Kier alpha value is -0.0800. The fourth-order valence-electron chi connectivity index (χ4n) is 2.07. The van der Waals surface area contributed by atoms with E-state index in [1.165, 1.54) is 25.7 Å². The molecule has 2 heteroatoms. The van der Waals surface area contributed by atoms with E-state index in [1.807, 2.05) is 7.05 Å². The Kier molecular flexibility index (Phi) is 5.49. The van der Waals surface area contributed by atoms with Crippen LogP contribution in [0.4, 0.5) is 0 Å². The molecule has 1 aliphatic rings. The summed E-state index contributed by atoms with van der Waals surface area (Å²) in [5.41, 5.74) is 0. The lowest BCUT2D eigenvalue weighted by Crippen LogP contribution is -2.28. The molecule has 2 nitrogen and oxygen atoms in total. The molecule has 84 valence electrons. The lowest BCUT2D eigenvalue weighted by Gasteiger charge is -2.29. The van der Waals surface area contributed by atoms with E-state index >= 15 is 0 Å².